The summed E-state index contributed by atoms with van der Waals surface area (Å²) in [6.07, 6.45) is 0. The molecule has 0 spiro atoms. The quantitative estimate of drug-likeness (QED) is 0.169. The Kier molecular flexibility index (Phi) is 7.41. The van der Waals surface area contributed by atoms with Gasteiger partial charge in [-0.3, -0.25) is 0 Å². The van der Waals surface area contributed by atoms with Gasteiger partial charge in [-0.2, -0.15) is 0 Å². The first-order valence-electron chi connectivity index (χ1n) is 17.8. The van der Waals surface area contributed by atoms with Crippen LogP contribution in [0.4, 0.5) is 17.1 Å². The summed E-state index contributed by atoms with van der Waals surface area (Å²) in [5.74, 6) is 0. The van der Waals surface area contributed by atoms with Crippen LogP contribution in [0.1, 0.15) is 0 Å². The minimum absolute atomic E-state index is 1.11. The van der Waals surface area contributed by atoms with E-state index in [4.69, 9.17) is 0 Å². The molecule has 0 unspecified atom stereocenters. The average Bonchev–Trinajstić information content (AvgIpc) is 3.59. The summed E-state index contributed by atoms with van der Waals surface area (Å²) in [5.41, 5.74) is 10.6. The van der Waals surface area contributed by atoms with Crippen LogP contribution in [0.5, 0.6) is 0 Å². The molecule has 0 saturated carbocycles. The molecule has 0 aliphatic heterocycles. The number of hydrogen-bond acceptors (Lipinski definition) is 2. The molecule has 0 saturated heterocycles. The monoisotopic (exact) mass is 679 g/mol. The zero-order valence-electron chi connectivity index (χ0n) is 28.4. The van der Waals surface area contributed by atoms with E-state index in [-0.39, 0.29) is 0 Å². The highest BCUT2D eigenvalue weighted by Crippen LogP contribution is 2.48. The van der Waals surface area contributed by atoms with E-state index < -0.39 is 0 Å². The molecule has 0 amide bonds. The van der Waals surface area contributed by atoms with Gasteiger partial charge >= 0.3 is 0 Å². The van der Waals surface area contributed by atoms with Crippen LogP contribution >= 0.6 is 11.3 Å². The predicted octanol–water partition coefficient (Wildman–Crippen LogP) is 14.8. The molecular formula is C50H33NS. The van der Waals surface area contributed by atoms with Gasteiger partial charge in [0, 0.05) is 37.1 Å². The van der Waals surface area contributed by atoms with Crippen molar-refractivity contribution in [2.45, 2.75) is 0 Å². The molecule has 0 atom stereocenters. The average molecular weight is 680 g/mol. The van der Waals surface area contributed by atoms with Crippen molar-refractivity contribution in [1.29, 1.82) is 0 Å². The molecule has 0 bridgehead atoms. The number of thiophene rings is 1. The van der Waals surface area contributed by atoms with Crippen LogP contribution in [0.15, 0.2) is 200 Å². The van der Waals surface area contributed by atoms with Gasteiger partial charge in [0.05, 0.1) is 5.69 Å². The number of nitrogens with zero attached hydrogens (tertiary/aromatic N) is 1. The largest absolute Gasteiger partial charge is 0.310 e. The lowest BCUT2D eigenvalue weighted by Gasteiger charge is -2.29. The Morgan fingerprint density at radius 3 is 1.73 bits per heavy atom. The van der Waals surface area contributed by atoms with Gasteiger partial charge in [-0.1, -0.05) is 152 Å². The Bertz CT molecular complexity index is 2890. The first-order chi connectivity index (χ1) is 25.8. The summed E-state index contributed by atoms with van der Waals surface area (Å²) >= 11 is 1.88. The first-order valence-corrected chi connectivity index (χ1v) is 18.6. The highest BCUT2D eigenvalue weighted by molar-refractivity contribution is 7.26. The molecule has 244 valence electrons. The normalized spacial score (nSPS) is 11.5. The second-order valence-corrected chi connectivity index (χ2v) is 14.4. The Morgan fingerprint density at radius 1 is 0.346 bits per heavy atom. The first kappa shape index (κ1) is 30.4. The smallest absolute Gasteiger partial charge is 0.0540 e. The molecule has 1 aromatic heterocycles. The summed E-state index contributed by atoms with van der Waals surface area (Å²) in [6, 6.07) is 73.0. The molecule has 52 heavy (non-hydrogen) atoms. The van der Waals surface area contributed by atoms with Gasteiger partial charge in [0.25, 0.3) is 0 Å². The van der Waals surface area contributed by atoms with Crippen molar-refractivity contribution >= 4 is 70.1 Å². The highest BCUT2D eigenvalue weighted by atomic mass is 32.1. The van der Waals surface area contributed by atoms with Crippen LogP contribution in [0.3, 0.4) is 0 Å². The maximum atomic E-state index is 2.42. The lowest BCUT2D eigenvalue weighted by atomic mass is 9.90. The van der Waals surface area contributed by atoms with Crippen LogP contribution in [-0.4, -0.2) is 0 Å². The number of anilines is 3. The van der Waals surface area contributed by atoms with Crippen LogP contribution in [0.25, 0.3) is 75.1 Å². The third-order valence-electron chi connectivity index (χ3n) is 10.2. The minimum atomic E-state index is 1.11. The second kappa shape index (κ2) is 12.7. The van der Waals surface area contributed by atoms with Gasteiger partial charge in [0.1, 0.15) is 0 Å². The zero-order chi connectivity index (χ0) is 34.4. The predicted molar refractivity (Wildman–Crippen MR) is 225 cm³/mol. The molecule has 2 heteroatoms. The van der Waals surface area contributed by atoms with Crippen molar-refractivity contribution in [3.63, 3.8) is 0 Å². The van der Waals surface area contributed by atoms with Gasteiger partial charge in [0.2, 0.25) is 0 Å². The fourth-order valence-corrected chi connectivity index (χ4v) is 8.93. The Labute approximate surface area is 307 Å². The molecule has 10 rings (SSSR count). The number of benzene rings is 9. The summed E-state index contributed by atoms with van der Waals surface area (Å²) in [7, 11) is 0. The van der Waals surface area contributed by atoms with E-state index in [1.807, 2.05) is 11.3 Å². The van der Waals surface area contributed by atoms with Crippen LogP contribution in [0.2, 0.25) is 0 Å². The van der Waals surface area contributed by atoms with Crippen molar-refractivity contribution in [2.24, 2.45) is 0 Å². The molecule has 0 fully saturated rings. The van der Waals surface area contributed by atoms with E-state index in [2.05, 4.69) is 205 Å². The topological polar surface area (TPSA) is 3.24 Å². The van der Waals surface area contributed by atoms with Gasteiger partial charge in [-0.25, -0.2) is 0 Å². The molecule has 10 aromatic rings. The lowest BCUT2D eigenvalue weighted by molar-refractivity contribution is 1.29. The fourth-order valence-electron chi connectivity index (χ4n) is 7.76. The summed E-state index contributed by atoms with van der Waals surface area (Å²) in [5, 5.41) is 7.61. The minimum Gasteiger partial charge on any atom is -0.310 e. The molecule has 0 radical (unpaired) electrons. The Hall–Kier alpha value is -6.48. The summed E-state index contributed by atoms with van der Waals surface area (Å²) in [6.45, 7) is 0. The van der Waals surface area contributed by atoms with Crippen molar-refractivity contribution < 1.29 is 0 Å². The van der Waals surface area contributed by atoms with E-state index in [1.54, 1.807) is 0 Å². The molecule has 1 heterocycles. The van der Waals surface area contributed by atoms with Crippen LogP contribution in [0, 0.1) is 0 Å². The van der Waals surface area contributed by atoms with Crippen LogP contribution in [-0.2, 0) is 0 Å². The van der Waals surface area contributed by atoms with Crippen molar-refractivity contribution in [3.05, 3.63) is 200 Å². The number of rotatable bonds is 6. The highest BCUT2D eigenvalue weighted by Gasteiger charge is 2.21. The van der Waals surface area contributed by atoms with E-state index in [1.165, 1.54) is 75.1 Å². The van der Waals surface area contributed by atoms with Crippen molar-refractivity contribution in [3.8, 4) is 33.4 Å². The molecule has 0 N–H and O–H groups in total. The number of hydrogen-bond donors (Lipinski definition) is 0. The van der Waals surface area contributed by atoms with E-state index in [0.29, 0.717) is 0 Å². The van der Waals surface area contributed by atoms with Gasteiger partial charge in [-0.05, 0) is 97.9 Å². The van der Waals surface area contributed by atoms with E-state index in [9.17, 15) is 0 Å². The molecular weight excluding hydrogens is 647 g/mol. The number of fused-ring (bicyclic) bond motifs is 5. The molecule has 0 aliphatic rings. The Balaban J connectivity index is 1.24. The van der Waals surface area contributed by atoms with Gasteiger partial charge in [-0.15, -0.1) is 11.3 Å². The second-order valence-electron chi connectivity index (χ2n) is 13.3. The fraction of sp³-hybridized carbons (Fsp3) is 0. The van der Waals surface area contributed by atoms with E-state index >= 15 is 0 Å². The lowest BCUT2D eigenvalue weighted by Crippen LogP contribution is -2.11. The van der Waals surface area contributed by atoms with Gasteiger partial charge < -0.3 is 4.90 Å². The summed E-state index contributed by atoms with van der Waals surface area (Å²) in [4.78, 5) is 2.42. The third-order valence-corrected chi connectivity index (χ3v) is 11.3. The molecule has 9 aromatic carbocycles. The summed E-state index contributed by atoms with van der Waals surface area (Å²) < 4.78 is 2.63. The van der Waals surface area contributed by atoms with Crippen LogP contribution < -0.4 is 4.90 Å². The SMILES string of the molecule is c1ccc(-c2ccc(N(c3ccc4ccccc4c3)c3ccc(-c4c5ccccc5cc5sc6ccccc6c45)cc3-c3ccccc3)cc2)cc1. The Morgan fingerprint density at radius 2 is 0.942 bits per heavy atom. The standard InChI is InChI=1S/C50H33NS/c1-3-13-34(14-4-1)36-23-27-41(28-24-36)51(42-29-25-35-15-7-8-18-38(35)31-42)46-30-26-40(32-45(46)37-16-5-2-6-17-37)49-43-20-10-9-19-39(43)33-48-50(49)44-21-11-12-22-47(44)52-48/h1-33H. The maximum absolute atomic E-state index is 2.42. The molecule has 1 nitrogen and oxygen atoms in total. The zero-order valence-corrected chi connectivity index (χ0v) is 29.2. The maximum Gasteiger partial charge on any atom is 0.0540 e. The van der Waals surface area contributed by atoms with Crippen molar-refractivity contribution in [1.82, 2.24) is 0 Å². The van der Waals surface area contributed by atoms with E-state index in [0.717, 1.165) is 17.1 Å². The third kappa shape index (κ3) is 5.24. The van der Waals surface area contributed by atoms with Gasteiger partial charge in [0.15, 0.2) is 0 Å². The molecule has 0 aliphatic carbocycles. The van der Waals surface area contributed by atoms with Crippen molar-refractivity contribution in [2.75, 3.05) is 4.90 Å².